The van der Waals surface area contributed by atoms with Crippen molar-refractivity contribution in [1.82, 2.24) is 0 Å². The van der Waals surface area contributed by atoms with Gasteiger partial charge in [0.05, 0.1) is 0 Å². The van der Waals surface area contributed by atoms with Crippen LogP contribution in [0.5, 0.6) is 0 Å². The molecule has 74 valence electrons. The Morgan fingerprint density at radius 3 is 1.75 bits per heavy atom. The standard InChI is InChI=1S/C11H24O/c1-3-5-7-9-11-12-10-8-6-4-2/h3-11H2,1-2H3. The summed E-state index contributed by atoms with van der Waals surface area (Å²) in [6, 6.07) is 0. The fourth-order valence-corrected chi connectivity index (χ4v) is 1.19. The molecule has 0 aromatic carbocycles. The average Bonchev–Trinajstić information content (AvgIpc) is 2.10. The highest BCUT2D eigenvalue weighted by atomic mass is 16.5. The average molecular weight is 172 g/mol. The van der Waals surface area contributed by atoms with E-state index in [9.17, 15) is 0 Å². The van der Waals surface area contributed by atoms with E-state index in [4.69, 9.17) is 4.74 Å². The molecule has 0 saturated heterocycles. The van der Waals surface area contributed by atoms with Crippen LogP contribution in [0, 0.1) is 0 Å². The van der Waals surface area contributed by atoms with Gasteiger partial charge in [0.1, 0.15) is 0 Å². The van der Waals surface area contributed by atoms with Crippen molar-refractivity contribution in [2.24, 2.45) is 0 Å². The molecule has 0 aliphatic carbocycles. The largest absolute Gasteiger partial charge is 0.381 e. The summed E-state index contributed by atoms with van der Waals surface area (Å²) >= 11 is 0. The van der Waals surface area contributed by atoms with Crippen molar-refractivity contribution in [3.63, 3.8) is 0 Å². The van der Waals surface area contributed by atoms with Crippen molar-refractivity contribution < 1.29 is 4.74 Å². The van der Waals surface area contributed by atoms with Crippen LogP contribution in [0.15, 0.2) is 0 Å². The Hall–Kier alpha value is -0.0400. The van der Waals surface area contributed by atoms with E-state index in [1.54, 1.807) is 0 Å². The summed E-state index contributed by atoms with van der Waals surface area (Å²) in [5.74, 6) is 0. The predicted octanol–water partition coefficient (Wildman–Crippen LogP) is 3.77. The fourth-order valence-electron chi connectivity index (χ4n) is 1.19. The molecule has 0 unspecified atom stereocenters. The maximum atomic E-state index is 5.48. The van der Waals surface area contributed by atoms with Crippen LogP contribution in [-0.2, 0) is 4.74 Å². The molecule has 0 aromatic heterocycles. The Kier molecular flexibility index (Phi) is 10.9. The quantitative estimate of drug-likeness (QED) is 0.481. The lowest BCUT2D eigenvalue weighted by molar-refractivity contribution is 0.126. The molecule has 1 nitrogen and oxygen atoms in total. The Balaban J connectivity index is 2.73. The van der Waals surface area contributed by atoms with Gasteiger partial charge in [0.25, 0.3) is 0 Å². The third kappa shape index (κ3) is 9.96. The van der Waals surface area contributed by atoms with Gasteiger partial charge in [-0.2, -0.15) is 0 Å². The molecule has 0 aromatic rings. The van der Waals surface area contributed by atoms with Gasteiger partial charge in [0.2, 0.25) is 0 Å². The van der Waals surface area contributed by atoms with Gasteiger partial charge >= 0.3 is 0 Å². The summed E-state index contributed by atoms with van der Waals surface area (Å²) in [4.78, 5) is 0. The minimum Gasteiger partial charge on any atom is -0.381 e. The zero-order valence-corrected chi connectivity index (χ0v) is 8.77. The Bertz CT molecular complexity index is 61.4. The van der Waals surface area contributed by atoms with Crippen molar-refractivity contribution in [1.29, 1.82) is 0 Å². The summed E-state index contributed by atoms with van der Waals surface area (Å²) in [7, 11) is 0. The molecular formula is C11H24O. The van der Waals surface area contributed by atoms with Gasteiger partial charge in [-0.3, -0.25) is 0 Å². The van der Waals surface area contributed by atoms with E-state index in [1.807, 2.05) is 0 Å². The first kappa shape index (κ1) is 12.0. The first-order chi connectivity index (χ1) is 5.91. The normalized spacial score (nSPS) is 10.5. The molecule has 0 aliphatic rings. The van der Waals surface area contributed by atoms with Gasteiger partial charge in [-0.15, -0.1) is 0 Å². The molecule has 0 aliphatic heterocycles. The lowest BCUT2D eigenvalue weighted by atomic mass is 10.2. The molecule has 0 bridgehead atoms. The minimum absolute atomic E-state index is 0.972. The maximum absolute atomic E-state index is 5.48. The number of unbranched alkanes of at least 4 members (excludes halogenated alkanes) is 5. The minimum atomic E-state index is 0.972. The van der Waals surface area contributed by atoms with Crippen molar-refractivity contribution in [2.45, 2.75) is 58.8 Å². The van der Waals surface area contributed by atoms with Crippen LogP contribution in [0.25, 0.3) is 0 Å². The molecule has 0 fully saturated rings. The van der Waals surface area contributed by atoms with Crippen molar-refractivity contribution in [3.05, 3.63) is 0 Å². The van der Waals surface area contributed by atoms with Gasteiger partial charge in [-0.05, 0) is 12.8 Å². The van der Waals surface area contributed by atoms with E-state index >= 15 is 0 Å². The Morgan fingerprint density at radius 2 is 1.17 bits per heavy atom. The molecule has 0 rings (SSSR count). The summed E-state index contributed by atoms with van der Waals surface area (Å²) in [6.45, 7) is 6.41. The highest BCUT2D eigenvalue weighted by molar-refractivity contribution is 4.40. The summed E-state index contributed by atoms with van der Waals surface area (Å²) in [6.07, 6.45) is 9.11. The first-order valence-electron chi connectivity index (χ1n) is 5.49. The lowest BCUT2D eigenvalue weighted by Gasteiger charge is -2.02. The number of ether oxygens (including phenoxy) is 1. The van der Waals surface area contributed by atoms with E-state index in [0.29, 0.717) is 0 Å². The summed E-state index contributed by atoms with van der Waals surface area (Å²) < 4.78 is 5.48. The monoisotopic (exact) mass is 172 g/mol. The van der Waals surface area contributed by atoms with E-state index in [1.165, 1.54) is 44.9 Å². The molecule has 0 atom stereocenters. The van der Waals surface area contributed by atoms with Gasteiger partial charge in [0, 0.05) is 13.2 Å². The van der Waals surface area contributed by atoms with Gasteiger partial charge in [-0.1, -0.05) is 46.0 Å². The van der Waals surface area contributed by atoms with Gasteiger partial charge < -0.3 is 4.74 Å². The number of hydrogen-bond donors (Lipinski definition) is 0. The van der Waals surface area contributed by atoms with Gasteiger partial charge in [-0.25, -0.2) is 0 Å². The van der Waals surface area contributed by atoms with Crippen LogP contribution in [0.3, 0.4) is 0 Å². The van der Waals surface area contributed by atoms with E-state index in [2.05, 4.69) is 13.8 Å². The van der Waals surface area contributed by atoms with Gasteiger partial charge in [0.15, 0.2) is 0 Å². The first-order valence-corrected chi connectivity index (χ1v) is 5.49. The van der Waals surface area contributed by atoms with Crippen LogP contribution in [0.1, 0.15) is 58.8 Å². The lowest BCUT2D eigenvalue weighted by Crippen LogP contribution is -1.96. The van der Waals surface area contributed by atoms with Crippen LogP contribution < -0.4 is 0 Å². The molecular weight excluding hydrogens is 148 g/mol. The predicted molar refractivity (Wildman–Crippen MR) is 54.5 cm³/mol. The van der Waals surface area contributed by atoms with Crippen molar-refractivity contribution in [3.8, 4) is 0 Å². The molecule has 0 saturated carbocycles. The molecule has 0 heterocycles. The fraction of sp³-hybridized carbons (Fsp3) is 1.00. The van der Waals surface area contributed by atoms with Crippen LogP contribution >= 0.6 is 0 Å². The van der Waals surface area contributed by atoms with Crippen LogP contribution in [0.2, 0.25) is 0 Å². The summed E-state index contributed by atoms with van der Waals surface area (Å²) in [5, 5.41) is 0. The van der Waals surface area contributed by atoms with Crippen molar-refractivity contribution >= 4 is 0 Å². The second kappa shape index (κ2) is 11.0. The van der Waals surface area contributed by atoms with Crippen LogP contribution in [-0.4, -0.2) is 13.2 Å². The zero-order valence-electron chi connectivity index (χ0n) is 8.77. The SMILES string of the molecule is CCCCCCOCCCCC. The molecule has 0 radical (unpaired) electrons. The Labute approximate surface area is 77.5 Å². The molecule has 0 amide bonds. The highest BCUT2D eigenvalue weighted by Crippen LogP contribution is 2.00. The third-order valence-corrected chi connectivity index (χ3v) is 2.03. The maximum Gasteiger partial charge on any atom is 0.0466 e. The Morgan fingerprint density at radius 1 is 0.667 bits per heavy atom. The third-order valence-electron chi connectivity index (χ3n) is 2.03. The van der Waals surface area contributed by atoms with E-state index < -0.39 is 0 Å². The molecule has 1 heteroatoms. The van der Waals surface area contributed by atoms with Crippen LogP contribution in [0.4, 0.5) is 0 Å². The molecule has 0 spiro atoms. The smallest absolute Gasteiger partial charge is 0.0466 e. The second-order valence-electron chi connectivity index (χ2n) is 3.38. The number of hydrogen-bond acceptors (Lipinski definition) is 1. The zero-order chi connectivity index (χ0) is 9.07. The molecule has 0 N–H and O–H groups in total. The summed E-state index contributed by atoms with van der Waals surface area (Å²) in [5.41, 5.74) is 0. The topological polar surface area (TPSA) is 9.23 Å². The number of rotatable bonds is 9. The van der Waals surface area contributed by atoms with E-state index in [-0.39, 0.29) is 0 Å². The van der Waals surface area contributed by atoms with Crippen molar-refractivity contribution in [2.75, 3.05) is 13.2 Å². The van der Waals surface area contributed by atoms with E-state index in [0.717, 1.165) is 13.2 Å². The molecule has 12 heavy (non-hydrogen) atoms. The highest BCUT2D eigenvalue weighted by Gasteiger charge is 1.89. The second-order valence-corrected chi connectivity index (χ2v) is 3.38.